The van der Waals surface area contributed by atoms with Crippen LogP contribution in [0.25, 0.3) is 0 Å². The molecule has 9 heteroatoms. The molecule has 1 fully saturated rings. The van der Waals surface area contributed by atoms with E-state index in [1.807, 2.05) is 58.0 Å². The van der Waals surface area contributed by atoms with Gasteiger partial charge < -0.3 is 10.2 Å². The highest BCUT2D eigenvalue weighted by Crippen LogP contribution is 2.28. The molecule has 0 saturated heterocycles. The molecular formula is C34H42ClN3O4S. The summed E-state index contributed by atoms with van der Waals surface area (Å²) in [5, 5.41) is 3.59. The minimum absolute atomic E-state index is 0.0232. The molecular weight excluding hydrogens is 582 g/mol. The lowest BCUT2D eigenvalue weighted by Gasteiger charge is -2.34. The molecule has 1 aliphatic carbocycles. The third kappa shape index (κ3) is 8.18. The van der Waals surface area contributed by atoms with E-state index in [2.05, 4.69) is 5.32 Å². The molecule has 1 N–H and O–H groups in total. The lowest BCUT2D eigenvalue weighted by Crippen LogP contribution is -2.54. The summed E-state index contributed by atoms with van der Waals surface area (Å²) in [4.78, 5) is 29.5. The van der Waals surface area contributed by atoms with Crippen molar-refractivity contribution < 1.29 is 18.0 Å². The third-order valence-corrected chi connectivity index (χ3v) is 10.3. The molecule has 0 aromatic heterocycles. The van der Waals surface area contributed by atoms with Crippen LogP contribution < -0.4 is 9.62 Å². The van der Waals surface area contributed by atoms with Gasteiger partial charge >= 0.3 is 0 Å². The number of hydrogen-bond donors (Lipinski definition) is 1. The summed E-state index contributed by atoms with van der Waals surface area (Å²) in [5.41, 5.74) is 4.22. The molecule has 1 atom stereocenters. The third-order valence-electron chi connectivity index (χ3n) is 8.27. The number of carbonyl (C=O) groups is 2. The fraction of sp³-hybridized carbons (Fsp3) is 0.412. The number of hydrogen-bond acceptors (Lipinski definition) is 4. The highest BCUT2D eigenvalue weighted by atomic mass is 35.5. The van der Waals surface area contributed by atoms with Gasteiger partial charge in [-0.2, -0.15) is 0 Å². The zero-order valence-corrected chi connectivity index (χ0v) is 27.0. The maximum absolute atomic E-state index is 14.3. The molecule has 1 unspecified atom stereocenters. The number of benzene rings is 3. The fourth-order valence-electron chi connectivity index (χ4n) is 5.50. The van der Waals surface area contributed by atoms with Crippen LogP contribution in [0.3, 0.4) is 0 Å². The summed E-state index contributed by atoms with van der Waals surface area (Å²) in [7, 11) is -4.16. The Kier molecular flexibility index (Phi) is 10.9. The van der Waals surface area contributed by atoms with Crippen LogP contribution >= 0.6 is 11.6 Å². The molecule has 1 saturated carbocycles. The number of rotatable bonds is 11. The predicted octanol–water partition coefficient (Wildman–Crippen LogP) is 6.72. The molecule has 0 spiro atoms. The normalized spacial score (nSPS) is 14.6. The maximum Gasteiger partial charge on any atom is 0.264 e. The van der Waals surface area contributed by atoms with E-state index in [1.54, 1.807) is 12.1 Å². The number of carbonyl (C=O) groups excluding carboxylic acids is 2. The van der Waals surface area contributed by atoms with Gasteiger partial charge in [0.1, 0.15) is 12.6 Å². The molecule has 3 aromatic carbocycles. The van der Waals surface area contributed by atoms with E-state index in [1.165, 1.54) is 29.2 Å². The topological polar surface area (TPSA) is 86.8 Å². The Morgan fingerprint density at radius 2 is 1.56 bits per heavy atom. The Morgan fingerprint density at radius 3 is 2.16 bits per heavy atom. The van der Waals surface area contributed by atoms with E-state index in [-0.39, 0.29) is 23.4 Å². The van der Waals surface area contributed by atoms with Crippen LogP contribution in [-0.2, 0) is 26.2 Å². The summed E-state index contributed by atoms with van der Waals surface area (Å²) < 4.78 is 29.3. The fourth-order valence-corrected chi connectivity index (χ4v) is 7.03. The van der Waals surface area contributed by atoms with Crippen LogP contribution in [0, 0.1) is 20.8 Å². The number of halogens is 1. The monoisotopic (exact) mass is 623 g/mol. The standard InChI is InChI=1S/C34H42ClN3O4S/c1-5-32(34(40)36-29-9-7-6-8-10-29)37(22-27-14-11-24(2)12-15-27)33(39)23-38(30-18-13-25(3)26(4)21-30)43(41,42)31-19-16-28(35)17-20-31/h11-21,29,32H,5-10,22-23H2,1-4H3,(H,36,40). The average molecular weight is 624 g/mol. The predicted molar refractivity (Wildman–Crippen MR) is 173 cm³/mol. The van der Waals surface area contributed by atoms with Gasteiger partial charge in [-0.15, -0.1) is 0 Å². The smallest absolute Gasteiger partial charge is 0.264 e. The van der Waals surface area contributed by atoms with Gasteiger partial charge in [0.15, 0.2) is 0 Å². The Labute approximate surface area is 261 Å². The number of nitrogens with zero attached hydrogens (tertiary/aromatic N) is 2. The summed E-state index contributed by atoms with van der Waals surface area (Å²) in [6.45, 7) is 7.43. The van der Waals surface area contributed by atoms with Gasteiger partial charge in [0, 0.05) is 17.6 Å². The van der Waals surface area contributed by atoms with Crippen LogP contribution in [0.15, 0.2) is 71.6 Å². The highest BCUT2D eigenvalue weighted by molar-refractivity contribution is 7.92. The second kappa shape index (κ2) is 14.4. The van der Waals surface area contributed by atoms with Crippen molar-refractivity contribution in [1.29, 1.82) is 0 Å². The molecule has 4 rings (SSSR count). The average Bonchev–Trinajstić information content (AvgIpc) is 2.99. The first kappa shape index (κ1) is 32.6. The molecule has 0 bridgehead atoms. The van der Waals surface area contributed by atoms with Gasteiger partial charge in [-0.1, -0.05) is 73.7 Å². The van der Waals surface area contributed by atoms with Crippen molar-refractivity contribution in [3.63, 3.8) is 0 Å². The lowest BCUT2D eigenvalue weighted by atomic mass is 9.95. The maximum atomic E-state index is 14.3. The van der Waals surface area contributed by atoms with E-state index in [4.69, 9.17) is 11.6 Å². The summed E-state index contributed by atoms with van der Waals surface area (Å²) in [5.74, 6) is -0.657. The van der Waals surface area contributed by atoms with Gasteiger partial charge in [-0.25, -0.2) is 8.42 Å². The molecule has 1 aliphatic rings. The van der Waals surface area contributed by atoms with Crippen molar-refractivity contribution >= 4 is 39.1 Å². The number of sulfonamides is 1. The minimum atomic E-state index is -4.16. The molecule has 0 aliphatic heterocycles. The zero-order chi connectivity index (χ0) is 31.1. The van der Waals surface area contributed by atoms with Crippen LogP contribution in [-0.4, -0.2) is 43.8 Å². The molecule has 2 amide bonds. The van der Waals surface area contributed by atoms with Crippen molar-refractivity contribution in [2.75, 3.05) is 10.8 Å². The van der Waals surface area contributed by atoms with Crippen molar-refractivity contribution in [2.24, 2.45) is 0 Å². The van der Waals surface area contributed by atoms with Gasteiger partial charge in [-0.05, 0) is 93.1 Å². The summed E-state index contributed by atoms with van der Waals surface area (Å²) in [6, 6.07) is 18.4. The minimum Gasteiger partial charge on any atom is -0.352 e. The number of aryl methyl sites for hydroxylation is 3. The van der Waals surface area contributed by atoms with E-state index in [0.29, 0.717) is 17.1 Å². The van der Waals surface area contributed by atoms with Crippen LogP contribution in [0.5, 0.6) is 0 Å². The van der Waals surface area contributed by atoms with Crippen molar-refractivity contribution in [2.45, 2.75) is 89.7 Å². The first-order valence-corrected chi connectivity index (χ1v) is 16.8. The van der Waals surface area contributed by atoms with Crippen molar-refractivity contribution in [3.05, 3.63) is 94.0 Å². The van der Waals surface area contributed by atoms with Crippen LogP contribution in [0.2, 0.25) is 5.02 Å². The highest BCUT2D eigenvalue weighted by Gasteiger charge is 2.34. The number of anilines is 1. The largest absolute Gasteiger partial charge is 0.352 e. The second-order valence-electron chi connectivity index (χ2n) is 11.5. The van der Waals surface area contributed by atoms with Crippen LogP contribution in [0.1, 0.15) is 67.7 Å². The van der Waals surface area contributed by atoms with E-state index in [0.717, 1.165) is 58.7 Å². The lowest BCUT2D eigenvalue weighted by molar-refractivity contribution is -0.140. The Balaban J connectivity index is 1.72. The summed E-state index contributed by atoms with van der Waals surface area (Å²) >= 11 is 6.05. The second-order valence-corrected chi connectivity index (χ2v) is 13.8. The van der Waals surface area contributed by atoms with E-state index in [9.17, 15) is 18.0 Å². The molecule has 7 nitrogen and oxygen atoms in total. The van der Waals surface area contributed by atoms with E-state index < -0.39 is 28.5 Å². The Morgan fingerprint density at radius 1 is 0.907 bits per heavy atom. The Bertz CT molecular complexity index is 1520. The number of nitrogens with one attached hydrogen (secondary N) is 1. The molecule has 0 radical (unpaired) electrons. The Hall–Kier alpha value is -3.36. The quantitative estimate of drug-likeness (QED) is 0.257. The zero-order valence-electron chi connectivity index (χ0n) is 25.5. The number of amides is 2. The molecule has 230 valence electrons. The molecule has 43 heavy (non-hydrogen) atoms. The van der Waals surface area contributed by atoms with Crippen molar-refractivity contribution in [1.82, 2.24) is 10.2 Å². The van der Waals surface area contributed by atoms with Crippen LogP contribution in [0.4, 0.5) is 5.69 Å². The van der Waals surface area contributed by atoms with Gasteiger partial charge in [0.2, 0.25) is 11.8 Å². The van der Waals surface area contributed by atoms with Gasteiger partial charge in [0.25, 0.3) is 10.0 Å². The SMILES string of the molecule is CCC(C(=O)NC1CCCCC1)N(Cc1ccc(C)cc1)C(=O)CN(c1ccc(C)c(C)c1)S(=O)(=O)c1ccc(Cl)cc1. The first-order chi connectivity index (χ1) is 20.5. The van der Waals surface area contributed by atoms with Gasteiger partial charge in [0.05, 0.1) is 10.6 Å². The molecule has 3 aromatic rings. The van der Waals surface area contributed by atoms with Crippen molar-refractivity contribution in [3.8, 4) is 0 Å². The van der Waals surface area contributed by atoms with E-state index >= 15 is 0 Å². The molecule has 0 heterocycles. The first-order valence-electron chi connectivity index (χ1n) is 15.0. The summed E-state index contributed by atoms with van der Waals surface area (Å²) in [6.07, 6.45) is 5.55. The van der Waals surface area contributed by atoms with Gasteiger partial charge in [-0.3, -0.25) is 13.9 Å².